The third kappa shape index (κ3) is 3.82. The van der Waals surface area contributed by atoms with Crippen LogP contribution in [0.5, 0.6) is 0 Å². The highest BCUT2D eigenvalue weighted by molar-refractivity contribution is 7.99. The largest absolute Gasteiger partial charge is 0.299 e. The SMILES string of the molecule is CN(Cc1cnn(-c2ccc(Cl)cc2)c1)C1CCSCC1. The smallest absolute Gasteiger partial charge is 0.0646 e. The second-order valence-corrected chi connectivity index (χ2v) is 7.19. The molecule has 0 atom stereocenters. The number of aromatic nitrogens is 2. The van der Waals surface area contributed by atoms with Gasteiger partial charge in [-0.15, -0.1) is 0 Å². The number of thioether (sulfide) groups is 1. The van der Waals surface area contributed by atoms with Crippen LogP contribution in [-0.4, -0.2) is 39.3 Å². The molecular weight excluding hydrogens is 302 g/mol. The van der Waals surface area contributed by atoms with Gasteiger partial charge in [0.2, 0.25) is 0 Å². The molecule has 1 saturated heterocycles. The summed E-state index contributed by atoms with van der Waals surface area (Å²) >= 11 is 7.99. The van der Waals surface area contributed by atoms with Gasteiger partial charge in [0.25, 0.3) is 0 Å². The van der Waals surface area contributed by atoms with Crippen molar-refractivity contribution >= 4 is 23.4 Å². The number of benzene rings is 1. The van der Waals surface area contributed by atoms with E-state index in [4.69, 9.17) is 11.6 Å². The van der Waals surface area contributed by atoms with Gasteiger partial charge in [0, 0.05) is 29.4 Å². The molecule has 0 radical (unpaired) electrons. The Kier molecular flexibility index (Phi) is 4.88. The molecule has 1 aliphatic heterocycles. The van der Waals surface area contributed by atoms with E-state index in [1.54, 1.807) is 0 Å². The molecule has 3 rings (SSSR count). The molecule has 5 heteroatoms. The average Bonchev–Trinajstić information content (AvgIpc) is 2.97. The lowest BCUT2D eigenvalue weighted by atomic mass is 10.1. The predicted molar refractivity (Wildman–Crippen MR) is 90.4 cm³/mol. The van der Waals surface area contributed by atoms with Gasteiger partial charge in [0.1, 0.15) is 0 Å². The molecule has 3 nitrogen and oxygen atoms in total. The van der Waals surface area contributed by atoms with E-state index in [1.165, 1.54) is 29.9 Å². The number of nitrogens with zero attached hydrogens (tertiary/aromatic N) is 3. The Morgan fingerprint density at radius 3 is 2.71 bits per heavy atom. The Labute approximate surface area is 135 Å². The maximum Gasteiger partial charge on any atom is 0.0646 e. The number of hydrogen-bond donors (Lipinski definition) is 0. The molecule has 0 spiro atoms. The second kappa shape index (κ2) is 6.86. The number of hydrogen-bond acceptors (Lipinski definition) is 3. The fourth-order valence-electron chi connectivity index (χ4n) is 2.72. The van der Waals surface area contributed by atoms with E-state index in [0.717, 1.165) is 17.3 Å². The fourth-order valence-corrected chi connectivity index (χ4v) is 3.93. The minimum absolute atomic E-state index is 0.713. The van der Waals surface area contributed by atoms with Gasteiger partial charge in [-0.1, -0.05) is 11.6 Å². The van der Waals surface area contributed by atoms with Crippen molar-refractivity contribution in [3.63, 3.8) is 0 Å². The number of halogens is 1. The Bertz CT molecular complexity index is 575. The predicted octanol–water partition coefficient (Wildman–Crippen LogP) is 3.85. The maximum absolute atomic E-state index is 5.92. The monoisotopic (exact) mass is 321 g/mol. The summed E-state index contributed by atoms with van der Waals surface area (Å²) in [6, 6.07) is 8.47. The van der Waals surface area contributed by atoms with Crippen LogP contribution in [0.4, 0.5) is 0 Å². The molecule has 0 aliphatic carbocycles. The Balaban J connectivity index is 1.65. The van der Waals surface area contributed by atoms with Crippen LogP contribution >= 0.6 is 23.4 Å². The molecule has 0 saturated carbocycles. The zero-order valence-electron chi connectivity index (χ0n) is 12.2. The molecule has 2 aromatic rings. The fraction of sp³-hybridized carbons (Fsp3) is 0.438. The van der Waals surface area contributed by atoms with Gasteiger partial charge in [0.15, 0.2) is 0 Å². The molecule has 0 unspecified atom stereocenters. The van der Waals surface area contributed by atoms with Crippen LogP contribution in [0.25, 0.3) is 5.69 Å². The van der Waals surface area contributed by atoms with Crippen molar-refractivity contribution in [2.24, 2.45) is 0 Å². The minimum atomic E-state index is 0.713. The molecule has 2 heterocycles. The molecule has 112 valence electrons. The first-order valence-corrected chi connectivity index (χ1v) is 8.83. The van der Waals surface area contributed by atoms with Gasteiger partial charge >= 0.3 is 0 Å². The van der Waals surface area contributed by atoms with Crippen LogP contribution in [0.15, 0.2) is 36.7 Å². The molecule has 21 heavy (non-hydrogen) atoms. The summed E-state index contributed by atoms with van der Waals surface area (Å²) < 4.78 is 1.91. The first-order valence-electron chi connectivity index (χ1n) is 7.30. The van der Waals surface area contributed by atoms with Crippen molar-refractivity contribution in [3.05, 3.63) is 47.2 Å². The van der Waals surface area contributed by atoms with E-state index in [-0.39, 0.29) is 0 Å². The summed E-state index contributed by atoms with van der Waals surface area (Å²) in [6.45, 7) is 0.961. The molecule has 0 amide bonds. The minimum Gasteiger partial charge on any atom is -0.299 e. The van der Waals surface area contributed by atoms with Crippen molar-refractivity contribution in [3.8, 4) is 5.69 Å². The Morgan fingerprint density at radius 1 is 1.29 bits per heavy atom. The van der Waals surface area contributed by atoms with Crippen molar-refractivity contribution in [2.75, 3.05) is 18.6 Å². The van der Waals surface area contributed by atoms with Crippen LogP contribution in [0.3, 0.4) is 0 Å². The van der Waals surface area contributed by atoms with Gasteiger partial charge in [0.05, 0.1) is 11.9 Å². The van der Waals surface area contributed by atoms with Crippen molar-refractivity contribution in [1.82, 2.24) is 14.7 Å². The first-order chi connectivity index (χ1) is 10.2. The van der Waals surface area contributed by atoms with E-state index in [2.05, 4.69) is 35.0 Å². The Hall–Kier alpha value is -0.970. The summed E-state index contributed by atoms with van der Waals surface area (Å²) in [7, 11) is 2.22. The lowest BCUT2D eigenvalue weighted by Crippen LogP contribution is -2.34. The first kappa shape index (κ1) is 14.9. The van der Waals surface area contributed by atoms with E-state index in [9.17, 15) is 0 Å². The van der Waals surface area contributed by atoms with Gasteiger partial charge in [-0.25, -0.2) is 4.68 Å². The summed E-state index contributed by atoms with van der Waals surface area (Å²) in [5.74, 6) is 2.58. The Morgan fingerprint density at radius 2 is 2.00 bits per heavy atom. The normalized spacial score (nSPS) is 16.5. The molecule has 0 N–H and O–H groups in total. The van der Waals surface area contributed by atoms with Crippen molar-refractivity contribution < 1.29 is 0 Å². The van der Waals surface area contributed by atoms with Gasteiger partial charge < -0.3 is 0 Å². The van der Waals surface area contributed by atoms with Gasteiger partial charge in [-0.05, 0) is 55.7 Å². The van der Waals surface area contributed by atoms with Crippen LogP contribution in [0.1, 0.15) is 18.4 Å². The summed E-state index contributed by atoms with van der Waals surface area (Å²) in [4.78, 5) is 2.46. The van der Waals surface area contributed by atoms with E-state index >= 15 is 0 Å². The molecule has 1 aromatic carbocycles. The van der Waals surface area contributed by atoms with Crippen LogP contribution < -0.4 is 0 Å². The highest BCUT2D eigenvalue weighted by Crippen LogP contribution is 2.22. The van der Waals surface area contributed by atoms with Crippen molar-refractivity contribution in [2.45, 2.75) is 25.4 Å². The highest BCUT2D eigenvalue weighted by Gasteiger charge is 2.18. The quantitative estimate of drug-likeness (QED) is 0.853. The highest BCUT2D eigenvalue weighted by atomic mass is 35.5. The van der Waals surface area contributed by atoms with E-state index < -0.39 is 0 Å². The number of rotatable bonds is 4. The zero-order chi connectivity index (χ0) is 14.7. The third-order valence-corrected chi connectivity index (χ3v) is 5.27. The molecule has 1 aliphatic rings. The van der Waals surface area contributed by atoms with Crippen molar-refractivity contribution in [1.29, 1.82) is 0 Å². The summed E-state index contributed by atoms with van der Waals surface area (Å²) in [6.07, 6.45) is 6.67. The summed E-state index contributed by atoms with van der Waals surface area (Å²) in [5.41, 5.74) is 2.30. The van der Waals surface area contributed by atoms with Crippen LogP contribution in [0.2, 0.25) is 5.02 Å². The van der Waals surface area contributed by atoms with E-state index in [0.29, 0.717) is 6.04 Å². The molecule has 0 bridgehead atoms. The topological polar surface area (TPSA) is 21.1 Å². The second-order valence-electron chi connectivity index (χ2n) is 5.53. The standard InChI is InChI=1S/C16H20ClN3S/c1-19(15-6-8-21-9-7-15)11-13-10-18-20(12-13)16-4-2-14(17)3-5-16/h2-5,10,12,15H,6-9,11H2,1H3. The van der Waals surface area contributed by atoms with Crippen LogP contribution in [0, 0.1) is 0 Å². The molecule has 1 fully saturated rings. The van der Waals surface area contributed by atoms with Gasteiger partial charge in [-0.3, -0.25) is 4.90 Å². The summed E-state index contributed by atoms with van der Waals surface area (Å²) in [5, 5.41) is 5.21. The average molecular weight is 322 g/mol. The molecule has 1 aromatic heterocycles. The maximum atomic E-state index is 5.92. The molecular formula is C16H20ClN3S. The lowest BCUT2D eigenvalue weighted by molar-refractivity contribution is 0.221. The van der Waals surface area contributed by atoms with Gasteiger partial charge in [-0.2, -0.15) is 16.9 Å². The van der Waals surface area contributed by atoms with E-state index in [1.807, 2.05) is 35.1 Å². The third-order valence-electron chi connectivity index (χ3n) is 3.97. The van der Waals surface area contributed by atoms with Crippen LogP contribution in [-0.2, 0) is 6.54 Å². The lowest BCUT2D eigenvalue weighted by Gasteiger charge is -2.30. The zero-order valence-corrected chi connectivity index (χ0v) is 13.8.